The molecule has 3 rings (SSSR count). The summed E-state index contributed by atoms with van der Waals surface area (Å²) in [7, 11) is -1.19. The van der Waals surface area contributed by atoms with E-state index in [1.165, 1.54) is 6.92 Å². The molecule has 0 aliphatic carbocycles. The molecule has 2 heterocycles. The number of carbonyl (C=O) groups excluding carboxylic acids is 1. The number of benzene rings is 1. The molecule has 0 aliphatic rings. The lowest BCUT2D eigenvalue weighted by atomic mass is 10.0. The van der Waals surface area contributed by atoms with Crippen LogP contribution in [0, 0.1) is 0 Å². The van der Waals surface area contributed by atoms with E-state index in [2.05, 4.69) is 34.5 Å². The molecule has 0 saturated carbocycles. The minimum Gasteiger partial charge on any atom is -0.399 e. The van der Waals surface area contributed by atoms with Gasteiger partial charge in [0.25, 0.3) is 0 Å². The lowest BCUT2D eigenvalue weighted by Crippen LogP contribution is -2.22. The number of aromatic nitrogens is 3. The van der Waals surface area contributed by atoms with Gasteiger partial charge in [-0.05, 0) is 36.6 Å². The molecule has 0 atom stereocenters. The molecule has 3 aromatic rings. The summed E-state index contributed by atoms with van der Waals surface area (Å²) in [5.41, 5.74) is 10.3. The number of nitrogens with one attached hydrogen (secondary N) is 1. The highest BCUT2D eigenvalue weighted by Gasteiger charge is 2.21. The van der Waals surface area contributed by atoms with E-state index in [-0.39, 0.29) is 5.91 Å². The van der Waals surface area contributed by atoms with Crippen LogP contribution >= 0.6 is 11.8 Å². The quantitative estimate of drug-likeness (QED) is 0.194. The maximum absolute atomic E-state index is 11.6. The highest BCUT2D eigenvalue weighted by Crippen LogP contribution is 2.36. The van der Waals surface area contributed by atoms with Crippen LogP contribution in [0.1, 0.15) is 6.92 Å². The van der Waals surface area contributed by atoms with Crippen molar-refractivity contribution in [1.82, 2.24) is 14.5 Å². The number of nitrogen functional groups attached to an aromatic ring is 1. The molecule has 0 spiro atoms. The monoisotopic (exact) mass is 469 g/mol. The summed E-state index contributed by atoms with van der Waals surface area (Å²) >= 11 is 1.57. The van der Waals surface area contributed by atoms with E-state index < -0.39 is 8.07 Å². The highest BCUT2D eigenvalue weighted by atomic mass is 32.2. The van der Waals surface area contributed by atoms with Gasteiger partial charge in [-0.2, -0.15) is 0 Å². The van der Waals surface area contributed by atoms with E-state index in [0.29, 0.717) is 24.8 Å². The van der Waals surface area contributed by atoms with Crippen molar-refractivity contribution < 1.29 is 9.53 Å². The lowest BCUT2D eigenvalue weighted by Gasteiger charge is -2.17. The molecule has 2 aromatic heterocycles. The van der Waals surface area contributed by atoms with Crippen molar-refractivity contribution in [3.05, 3.63) is 42.6 Å². The van der Waals surface area contributed by atoms with Crippen molar-refractivity contribution in [3.63, 3.8) is 0 Å². The van der Waals surface area contributed by atoms with Crippen molar-refractivity contribution in [1.29, 1.82) is 0 Å². The molecule has 32 heavy (non-hydrogen) atoms. The molecule has 9 heteroatoms. The van der Waals surface area contributed by atoms with Crippen molar-refractivity contribution >= 4 is 37.2 Å². The molecule has 0 saturated heterocycles. The van der Waals surface area contributed by atoms with E-state index in [1.54, 1.807) is 18.0 Å². The van der Waals surface area contributed by atoms with E-state index in [0.717, 1.165) is 33.7 Å². The summed E-state index contributed by atoms with van der Waals surface area (Å²) in [4.78, 5) is 20.7. The standard InChI is InChI=1S/C23H31N5O2SSi/c1-16(29)26-20-14-18(9-10-25-20)22-21(17-7-6-8-19(24)13-17)27-23(31-2)28(22)15-30-11-12-32(3,4)5/h6-10,13-14H,11-12,15,24H2,1-5H3,(H,25,26,29). The Labute approximate surface area is 194 Å². The fraction of sp³-hybridized carbons (Fsp3) is 0.348. The van der Waals surface area contributed by atoms with Gasteiger partial charge in [-0.1, -0.05) is 43.5 Å². The van der Waals surface area contributed by atoms with Gasteiger partial charge in [0.05, 0.1) is 11.4 Å². The molecule has 0 radical (unpaired) electrons. The molecule has 1 aromatic carbocycles. The predicted molar refractivity (Wildman–Crippen MR) is 135 cm³/mol. The molecule has 3 N–H and O–H groups in total. The second kappa shape index (κ2) is 10.3. The van der Waals surface area contributed by atoms with Crippen LogP contribution in [0.3, 0.4) is 0 Å². The molecule has 7 nitrogen and oxygen atoms in total. The highest BCUT2D eigenvalue weighted by molar-refractivity contribution is 7.98. The van der Waals surface area contributed by atoms with Gasteiger partial charge in [0.15, 0.2) is 5.16 Å². The van der Waals surface area contributed by atoms with Gasteiger partial charge in [0.2, 0.25) is 5.91 Å². The van der Waals surface area contributed by atoms with Crippen LogP contribution in [0.5, 0.6) is 0 Å². The van der Waals surface area contributed by atoms with Gasteiger partial charge in [-0.3, -0.25) is 9.36 Å². The average molecular weight is 470 g/mol. The van der Waals surface area contributed by atoms with Crippen molar-refractivity contribution in [2.45, 2.75) is 44.5 Å². The van der Waals surface area contributed by atoms with Gasteiger partial charge in [0, 0.05) is 44.6 Å². The Balaban J connectivity index is 2.08. The Hall–Kier alpha value is -2.62. The number of thioether (sulfide) groups is 1. The molecule has 0 fully saturated rings. The van der Waals surface area contributed by atoms with Crippen LogP contribution < -0.4 is 11.1 Å². The minimum absolute atomic E-state index is 0.168. The SMILES string of the molecule is CSc1nc(-c2cccc(N)c2)c(-c2ccnc(NC(C)=O)c2)n1COCC[Si](C)(C)C. The second-order valence-corrected chi connectivity index (χ2v) is 15.2. The third-order valence-electron chi connectivity index (χ3n) is 4.83. The summed E-state index contributed by atoms with van der Waals surface area (Å²) in [6.07, 6.45) is 3.69. The molecular weight excluding hydrogens is 438 g/mol. The summed E-state index contributed by atoms with van der Waals surface area (Å²) in [5.74, 6) is 0.324. The third kappa shape index (κ3) is 6.21. The van der Waals surface area contributed by atoms with Crippen molar-refractivity contribution in [2.75, 3.05) is 23.9 Å². The summed E-state index contributed by atoms with van der Waals surface area (Å²) in [6, 6.07) is 12.6. The van der Waals surface area contributed by atoms with Gasteiger partial charge in [-0.15, -0.1) is 0 Å². The Morgan fingerprint density at radius 2 is 2.00 bits per heavy atom. The fourth-order valence-electron chi connectivity index (χ4n) is 3.25. The molecule has 0 bridgehead atoms. The molecule has 0 unspecified atom stereocenters. The summed E-state index contributed by atoms with van der Waals surface area (Å²) in [5, 5.41) is 3.61. The van der Waals surface area contributed by atoms with Gasteiger partial charge in [0.1, 0.15) is 12.5 Å². The third-order valence-corrected chi connectivity index (χ3v) is 7.21. The van der Waals surface area contributed by atoms with Gasteiger partial charge < -0.3 is 15.8 Å². The number of imidazole rings is 1. The Bertz CT molecular complexity index is 1090. The van der Waals surface area contributed by atoms with Crippen molar-refractivity contribution in [3.8, 4) is 22.5 Å². The minimum atomic E-state index is -1.19. The first kappa shape index (κ1) is 24.0. The molecular formula is C23H31N5O2SSi. The zero-order chi connectivity index (χ0) is 23.3. The van der Waals surface area contributed by atoms with E-state index in [1.807, 2.05) is 42.7 Å². The zero-order valence-corrected chi connectivity index (χ0v) is 21.1. The average Bonchev–Trinajstić information content (AvgIpc) is 3.09. The number of pyridine rings is 1. The topological polar surface area (TPSA) is 95.1 Å². The predicted octanol–water partition coefficient (Wildman–Crippen LogP) is 5.19. The second-order valence-electron chi connectivity index (χ2n) is 8.81. The molecule has 1 amide bonds. The van der Waals surface area contributed by atoms with Crippen LogP contribution in [0.25, 0.3) is 22.5 Å². The first-order valence-electron chi connectivity index (χ1n) is 10.5. The van der Waals surface area contributed by atoms with Crippen molar-refractivity contribution in [2.24, 2.45) is 0 Å². The van der Waals surface area contributed by atoms with Crippen LogP contribution in [-0.4, -0.2) is 41.4 Å². The molecule has 0 aliphatic heterocycles. The number of amides is 1. The van der Waals surface area contributed by atoms with Gasteiger partial charge in [-0.25, -0.2) is 9.97 Å². The Morgan fingerprint density at radius 1 is 1.22 bits per heavy atom. The number of hydrogen-bond acceptors (Lipinski definition) is 6. The van der Waals surface area contributed by atoms with Crippen LogP contribution in [0.15, 0.2) is 47.8 Å². The van der Waals surface area contributed by atoms with Gasteiger partial charge >= 0.3 is 0 Å². The normalized spacial score (nSPS) is 11.5. The van der Waals surface area contributed by atoms with E-state index in [4.69, 9.17) is 15.5 Å². The largest absolute Gasteiger partial charge is 0.399 e. The Kier molecular flexibility index (Phi) is 7.76. The first-order chi connectivity index (χ1) is 15.2. The Morgan fingerprint density at radius 3 is 2.66 bits per heavy atom. The first-order valence-corrected chi connectivity index (χ1v) is 15.4. The maximum atomic E-state index is 11.6. The smallest absolute Gasteiger partial charge is 0.222 e. The summed E-state index contributed by atoms with van der Waals surface area (Å²) < 4.78 is 8.19. The maximum Gasteiger partial charge on any atom is 0.222 e. The van der Waals surface area contributed by atoms with Crippen LogP contribution in [-0.2, 0) is 16.3 Å². The number of carbonyl (C=O) groups is 1. The number of rotatable bonds is 9. The van der Waals surface area contributed by atoms with Crippen LogP contribution in [0.2, 0.25) is 25.7 Å². The fourth-order valence-corrected chi connectivity index (χ4v) is 4.55. The number of ether oxygens (including phenoxy) is 1. The number of hydrogen-bond donors (Lipinski definition) is 2. The number of anilines is 2. The lowest BCUT2D eigenvalue weighted by molar-refractivity contribution is -0.114. The zero-order valence-electron chi connectivity index (χ0n) is 19.3. The van der Waals surface area contributed by atoms with E-state index in [9.17, 15) is 4.79 Å². The summed E-state index contributed by atoms with van der Waals surface area (Å²) in [6.45, 7) is 9.58. The molecule has 170 valence electrons. The van der Waals surface area contributed by atoms with E-state index >= 15 is 0 Å². The number of nitrogens with two attached hydrogens (primary N) is 1. The number of nitrogens with zero attached hydrogens (tertiary/aromatic N) is 3. The van der Waals surface area contributed by atoms with Crippen LogP contribution in [0.4, 0.5) is 11.5 Å².